The Morgan fingerprint density at radius 1 is 1.77 bits per heavy atom. The Hall–Kier alpha value is -1.08. The van der Waals surface area contributed by atoms with E-state index in [1.807, 2.05) is 6.07 Å². The van der Waals surface area contributed by atoms with Crippen LogP contribution in [0.5, 0.6) is 0 Å². The fourth-order valence-corrected chi connectivity index (χ4v) is 1.91. The number of ether oxygens (including phenoxy) is 1. The number of nitrogens with zero attached hydrogens (tertiary/aromatic N) is 1. The second-order valence-corrected chi connectivity index (χ2v) is 3.74. The minimum absolute atomic E-state index is 0.0743. The fraction of sp³-hybridized carbons (Fsp3) is 0.778. The number of hydrogen-bond acceptors (Lipinski definition) is 3. The Morgan fingerprint density at radius 3 is 3.15 bits per heavy atom. The molecule has 0 bridgehead atoms. The van der Waals surface area contributed by atoms with Crippen LogP contribution in [-0.2, 0) is 9.53 Å². The average Bonchev–Trinajstić information content (AvgIpc) is 2.70. The Kier molecular flexibility index (Phi) is 1.97. The van der Waals surface area contributed by atoms with E-state index in [0.717, 1.165) is 13.0 Å². The lowest BCUT2D eigenvalue weighted by Crippen LogP contribution is -2.34. The summed E-state index contributed by atoms with van der Waals surface area (Å²) in [7, 11) is 0. The first kappa shape index (κ1) is 8.52. The van der Waals surface area contributed by atoms with Crippen molar-refractivity contribution in [1.82, 2.24) is 5.32 Å². The van der Waals surface area contributed by atoms with Crippen molar-refractivity contribution in [2.24, 2.45) is 11.3 Å². The molecule has 1 heterocycles. The second-order valence-electron chi connectivity index (χ2n) is 3.74. The zero-order chi connectivity index (χ0) is 9.31. The molecule has 2 fully saturated rings. The molecule has 1 saturated carbocycles. The summed E-state index contributed by atoms with van der Waals surface area (Å²) in [5.41, 5.74) is -0.213. The highest BCUT2D eigenvalue weighted by Crippen LogP contribution is 2.56. The van der Waals surface area contributed by atoms with Gasteiger partial charge in [0.15, 0.2) is 0 Å². The molecule has 2 aliphatic rings. The molecule has 2 atom stereocenters. The van der Waals surface area contributed by atoms with E-state index < -0.39 is 0 Å². The molecular formula is C9H12N2O2. The maximum atomic E-state index is 11.6. The Labute approximate surface area is 76.9 Å². The van der Waals surface area contributed by atoms with Crippen molar-refractivity contribution in [2.45, 2.75) is 12.8 Å². The van der Waals surface area contributed by atoms with Gasteiger partial charge in [-0.2, -0.15) is 5.26 Å². The van der Waals surface area contributed by atoms with Crippen molar-refractivity contribution in [3.8, 4) is 6.07 Å². The van der Waals surface area contributed by atoms with Crippen LogP contribution in [0, 0.1) is 22.7 Å². The highest BCUT2D eigenvalue weighted by Gasteiger charge is 2.63. The number of carbonyl (C=O) groups excluding carboxylic acids is 1. The Balaban J connectivity index is 1.82. The monoisotopic (exact) mass is 180 g/mol. The molecule has 1 saturated heterocycles. The molecule has 2 unspecified atom stereocenters. The van der Waals surface area contributed by atoms with E-state index in [-0.39, 0.29) is 11.3 Å². The van der Waals surface area contributed by atoms with Crippen LogP contribution < -0.4 is 5.32 Å². The molecule has 2 rings (SSSR count). The zero-order valence-corrected chi connectivity index (χ0v) is 7.38. The number of fused-ring (bicyclic) bond motifs is 1. The molecule has 1 amide bonds. The molecule has 13 heavy (non-hydrogen) atoms. The largest absolute Gasteiger partial charge is 0.380 e. The van der Waals surface area contributed by atoms with E-state index in [4.69, 9.17) is 10.00 Å². The van der Waals surface area contributed by atoms with Crippen LogP contribution in [0.15, 0.2) is 0 Å². The van der Waals surface area contributed by atoms with Gasteiger partial charge in [0.05, 0.1) is 31.1 Å². The number of hydrogen-bond donors (Lipinski definition) is 1. The van der Waals surface area contributed by atoms with Crippen molar-refractivity contribution >= 4 is 5.91 Å². The van der Waals surface area contributed by atoms with E-state index in [1.165, 1.54) is 0 Å². The molecule has 0 aromatic rings. The molecule has 70 valence electrons. The second kappa shape index (κ2) is 3.00. The first-order valence-corrected chi connectivity index (χ1v) is 4.52. The minimum Gasteiger partial charge on any atom is -0.380 e. The topological polar surface area (TPSA) is 62.1 Å². The maximum absolute atomic E-state index is 11.6. The Morgan fingerprint density at radius 2 is 2.62 bits per heavy atom. The van der Waals surface area contributed by atoms with Crippen LogP contribution >= 0.6 is 0 Å². The van der Waals surface area contributed by atoms with Gasteiger partial charge in [-0.3, -0.25) is 4.79 Å². The van der Waals surface area contributed by atoms with Crippen LogP contribution in [-0.4, -0.2) is 25.7 Å². The molecule has 0 radical (unpaired) electrons. The van der Waals surface area contributed by atoms with E-state index in [9.17, 15) is 4.79 Å². The van der Waals surface area contributed by atoms with Crippen molar-refractivity contribution in [3.05, 3.63) is 0 Å². The normalized spacial score (nSPS) is 34.8. The molecular weight excluding hydrogens is 168 g/mol. The van der Waals surface area contributed by atoms with E-state index >= 15 is 0 Å². The highest BCUT2D eigenvalue weighted by atomic mass is 16.5. The van der Waals surface area contributed by atoms with Gasteiger partial charge in [-0.25, -0.2) is 0 Å². The van der Waals surface area contributed by atoms with E-state index in [1.54, 1.807) is 0 Å². The van der Waals surface area contributed by atoms with Gasteiger partial charge >= 0.3 is 0 Å². The third-order valence-electron chi connectivity index (χ3n) is 2.89. The standard InChI is InChI=1S/C9H12N2O2/c10-2-1-3-11-8(12)9-4-7(9)5-13-6-9/h7H,1,3-6H2,(H,11,12). The van der Waals surface area contributed by atoms with Crippen molar-refractivity contribution < 1.29 is 9.53 Å². The lowest BCUT2D eigenvalue weighted by atomic mass is 10.1. The minimum atomic E-state index is -0.213. The molecule has 4 nitrogen and oxygen atoms in total. The summed E-state index contributed by atoms with van der Waals surface area (Å²) in [6.45, 7) is 1.76. The summed E-state index contributed by atoms with van der Waals surface area (Å²) in [4.78, 5) is 11.6. The molecule has 1 aliphatic heterocycles. The quantitative estimate of drug-likeness (QED) is 0.624. The van der Waals surface area contributed by atoms with Gasteiger partial charge in [-0.05, 0) is 6.42 Å². The number of carbonyl (C=O) groups is 1. The lowest BCUT2D eigenvalue weighted by Gasteiger charge is -2.10. The van der Waals surface area contributed by atoms with Gasteiger partial charge in [0.2, 0.25) is 5.91 Å². The summed E-state index contributed by atoms with van der Waals surface area (Å²) < 4.78 is 5.21. The van der Waals surface area contributed by atoms with Crippen LogP contribution in [0.25, 0.3) is 0 Å². The first-order chi connectivity index (χ1) is 6.29. The number of amides is 1. The van der Waals surface area contributed by atoms with Crippen LogP contribution in [0.4, 0.5) is 0 Å². The molecule has 4 heteroatoms. The molecule has 0 aromatic carbocycles. The molecule has 1 N–H and O–H groups in total. The summed E-state index contributed by atoms with van der Waals surface area (Å²) >= 11 is 0. The van der Waals surface area contributed by atoms with Gasteiger partial charge < -0.3 is 10.1 Å². The summed E-state index contributed by atoms with van der Waals surface area (Å²) in [6.07, 6.45) is 1.35. The summed E-state index contributed by atoms with van der Waals surface area (Å²) in [5, 5.41) is 11.1. The van der Waals surface area contributed by atoms with Gasteiger partial charge in [-0.1, -0.05) is 0 Å². The molecule has 0 spiro atoms. The zero-order valence-electron chi connectivity index (χ0n) is 7.38. The van der Waals surface area contributed by atoms with Crippen molar-refractivity contribution in [2.75, 3.05) is 19.8 Å². The fourth-order valence-electron chi connectivity index (χ4n) is 1.91. The SMILES string of the molecule is N#CCCNC(=O)C12COCC1C2. The molecule has 1 aliphatic carbocycles. The smallest absolute Gasteiger partial charge is 0.228 e. The predicted molar refractivity (Wildman–Crippen MR) is 44.6 cm³/mol. The van der Waals surface area contributed by atoms with Gasteiger partial charge in [0, 0.05) is 12.5 Å². The lowest BCUT2D eigenvalue weighted by molar-refractivity contribution is -0.127. The number of nitrogens with one attached hydrogen (secondary N) is 1. The van der Waals surface area contributed by atoms with Crippen molar-refractivity contribution in [1.29, 1.82) is 5.26 Å². The van der Waals surface area contributed by atoms with Crippen molar-refractivity contribution in [3.63, 3.8) is 0 Å². The van der Waals surface area contributed by atoms with Gasteiger partial charge in [0.1, 0.15) is 0 Å². The van der Waals surface area contributed by atoms with E-state index in [2.05, 4.69) is 5.32 Å². The first-order valence-electron chi connectivity index (χ1n) is 4.52. The van der Waals surface area contributed by atoms with Crippen LogP contribution in [0.3, 0.4) is 0 Å². The van der Waals surface area contributed by atoms with Crippen LogP contribution in [0.2, 0.25) is 0 Å². The average molecular weight is 180 g/mol. The van der Waals surface area contributed by atoms with Crippen LogP contribution in [0.1, 0.15) is 12.8 Å². The summed E-state index contributed by atoms with van der Waals surface area (Å²) in [5.74, 6) is 0.514. The highest BCUT2D eigenvalue weighted by molar-refractivity contribution is 5.86. The number of nitriles is 1. The van der Waals surface area contributed by atoms with E-state index in [0.29, 0.717) is 25.5 Å². The third kappa shape index (κ3) is 1.29. The predicted octanol–water partition coefficient (Wildman–Crippen LogP) is 0.0528. The third-order valence-corrected chi connectivity index (χ3v) is 2.89. The molecule has 0 aromatic heterocycles. The maximum Gasteiger partial charge on any atom is 0.228 e. The Bertz CT molecular complexity index is 271. The van der Waals surface area contributed by atoms with Gasteiger partial charge in [-0.15, -0.1) is 0 Å². The summed E-state index contributed by atoms with van der Waals surface area (Å²) in [6, 6.07) is 1.99. The number of rotatable bonds is 3. The van der Waals surface area contributed by atoms with Gasteiger partial charge in [0.25, 0.3) is 0 Å².